The van der Waals surface area contributed by atoms with Gasteiger partial charge in [-0.2, -0.15) is 13.2 Å². The number of nitrogens with zero attached hydrogens (tertiary/aromatic N) is 2. The normalized spacial score (nSPS) is 13.1. The number of aryl methyl sites for hydroxylation is 2. The Hall–Kier alpha value is -6.70. The fourth-order valence-corrected chi connectivity index (χ4v) is 9.96. The van der Waals surface area contributed by atoms with E-state index in [-0.39, 0.29) is 23.4 Å². The van der Waals surface area contributed by atoms with Gasteiger partial charge < -0.3 is 9.80 Å². The molecule has 0 aliphatic carbocycles. The largest absolute Gasteiger partial charge is 0.446 e. The molecule has 7 heteroatoms. The molecular formula is C53H36BF3N2S. The summed E-state index contributed by atoms with van der Waals surface area (Å²) in [6, 6.07) is 62.9. The molecule has 0 spiro atoms. The number of alkyl halides is 3. The highest BCUT2D eigenvalue weighted by atomic mass is 32.2. The van der Waals surface area contributed by atoms with Gasteiger partial charge in [-0.1, -0.05) is 157 Å². The Morgan fingerprint density at radius 3 is 1.28 bits per heavy atom. The number of fused-ring (bicyclic) bond motifs is 6. The van der Waals surface area contributed by atoms with Crippen LogP contribution in [0.25, 0.3) is 43.8 Å². The van der Waals surface area contributed by atoms with E-state index in [0.29, 0.717) is 0 Å². The Labute approximate surface area is 351 Å². The smallest absolute Gasteiger partial charge is 0.311 e. The average molecular weight is 801 g/mol. The molecule has 2 aliphatic heterocycles. The SMILES string of the molecule is Cc1ccc(-c2ccc3c(c2)B2c4cc(-c5ccc(C)cc5)ccc4N(c4cccc5ccccc45)c4cc(SC(F)(F)F)cc(c42)N3c2cccc3ccccc23)cc1. The molecule has 2 nitrogen and oxygen atoms in total. The van der Waals surface area contributed by atoms with Crippen LogP contribution in [0.15, 0.2) is 187 Å². The molecule has 0 aromatic heterocycles. The average Bonchev–Trinajstić information content (AvgIpc) is 3.26. The number of halogens is 3. The van der Waals surface area contributed by atoms with E-state index in [1.807, 2.05) is 36.4 Å². The number of thioether (sulfide) groups is 1. The quantitative estimate of drug-likeness (QED) is 0.126. The summed E-state index contributed by atoms with van der Waals surface area (Å²) in [5, 5.41) is 4.13. The van der Waals surface area contributed by atoms with Crippen LogP contribution in [0.1, 0.15) is 11.1 Å². The van der Waals surface area contributed by atoms with Crippen LogP contribution >= 0.6 is 11.8 Å². The third-order valence-electron chi connectivity index (χ3n) is 12.1. The molecular weight excluding hydrogens is 764 g/mol. The Morgan fingerprint density at radius 2 is 0.833 bits per heavy atom. The minimum atomic E-state index is -4.50. The topological polar surface area (TPSA) is 6.48 Å². The highest BCUT2D eigenvalue weighted by molar-refractivity contribution is 8.00. The van der Waals surface area contributed by atoms with Crippen molar-refractivity contribution >= 4 is 90.5 Å². The minimum Gasteiger partial charge on any atom is -0.311 e. The first-order valence-electron chi connectivity index (χ1n) is 20.1. The van der Waals surface area contributed by atoms with Gasteiger partial charge in [-0.15, -0.1) is 0 Å². The molecule has 9 aromatic carbocycles. The van der Waals surface area contributed by atoms with Crippen molar-refractivity contribution in [1.29, 1.82) is 0 Å². The minimum absolute atomic E-state index is 0.0589. The van der Waals surface area contributed by atoms with Gasteiger partial charge in [0.05, 0.1) is 11.4 Å². The lowest BCUT2D eigenvalue weighted by atomic mass is 9.33. The Kier molecular flexibility index (Phi) is 8.47. The first kappa shape index (κ1) is 36.4. The summed E-state index contributed by atoms with van der Waals surface area (Å²) in [6.45, 7) is 3.88. The van der Waals surface area contributed by atoms with Crippen LogP contribution in [0.4, 0.5) is 47.3 Å². The molecule has 60 heavy (non-hydrogen) atoms. The Morgan fingerprint density at radius 1 is 0.417 bits per heavy atom. The lowest BCUT2D eigenvalue weighted by molar-refractivity contribution is -0.0328. The molecule has 0 fully saturated rings. The lowest BCUT2D eigenvalue weighted by Gasteiger charge is -2.45. The van der Waals surface area contributed by atoms with Crippen LogP contribution < -0.4 is 26.2 Å². The zero-order valence-electron chi connectivity index (χ0n) is 32.8. The molecule has 9 aromatic rings. The summed E-state index contributed by atoms with van der Waals surface area (Å²) in [4.78, 5) is 4.55. The molecule has 0 unspecified atom stereocenters. The van der Waals surface area contributed by atoms with Crippen molar-refractivity contribution in [2.45, 2.75) is 24.3 Å². The van der Waals surface area contributed by atoms with Crippen molar-refractivity contribution in [2.24, 2.45) is 0 Å². The maximum absolute atomic E-state index is 14.6. The molecule has 2 heterocycles. The van der Waals surface area contributed by atoms with Crippen LogP contribution in [-0.4, -0.2) is 12.2 Å². The van der Waals surface area contributed by atoms with Crippen molar-refractivity contribution < 1.29 is 13.2 Å². The highest BCUT2D eigenvalue weighted by Crippen LogP contribution is 2.50. The van der Waals surface area contributed by atoms with E-state index >= 15 is 0 Å². The van der Waals surface area contributed by atoms with Crippen molar-refractivity contribution in [3.8, 4) is 22.3 Å². The van der Waals surface area contributed by atoms with Gasteiger partial charge in [0, 0.05) is 38.4 Å². The van der Waals surface area contributed by atoms with E-state index in [4.69, 9.17) is 0 Å². The van der Waals surface area contributed by atoms with E-state index in [1.165, 1.54) is 11.1 Å². The summed E-state index contributed by atoms with van der Waals surface area (Å²) >= 11 is -0.0589. The number of hydrogen-bond donors (Lipinski definition) is 0. The van der Waals surface area contributed by atoms with Crippen LogP contribution in [0.2, 0.25) is 0 Å². The van der Waals surface area contributed by atoms with Crippen molar-refractivity contribution in [1.82, 2.24) is 0 Å². The predicted molar refractivity (Wildman–Crippen MR) is 248 cm³/mol. The van der Waals surface area contributed by atoms with E-state index in [2.05, 4.69) is 157 Å². The van der Waals surface area contributed by atoms with Crippen LogP contribution in [0.5, 0.6) is 0 Å². The number of rotatable bonds is 5. The lowest BCUT2D eigenvalue weighted by Crippen LogP contribution is -2.61. The molecule has 0 amide bonds. The van der Waals surface area contributed by atoms with Gasteiger partial charge in [0.2, 0.25) is 0 Å². The monoisotopic (exact) mass is 800 g/mol. The second-order valence-electron chi connectivity index (χ2n) is 15.8. The Bertz CT molecular complexity index is 2950. The molecule has 0 saturated carbocycles. The van der Waals surface area contributed by atoms with Crippen LogP contribution in [0, 0.1) is 13.8 Å². The zero-order chi connectivity index (χ0) is 40.7. The summed E-state index contributed by atoms with van der Waals surface area (Å²) in [7, 11) is 0. The number of anilines is 6. The van der Waals surface area contributed by atoms with Gasteiger partial charge in [0.25, 0.3) is 6.71 Å². The second-order valence-corrected chi connectivity index (χ2v) is 16.9. The van der Waals surface area contributed by atoms with E-state index in [0.717, 1.165) is 94.3 Å². The maximum atomic E-state index is 14.6. The first-order valence-corrected chi connectivity index (χ1v) is 20.9. The zero-order valence-corrected chi connectivity index (χ0v) is 33.7. The van der Waals surface area contributed by atoms with Gasteiger partial charge in [-0.05, 0) is 111 Å². The van der Waals surface area contributed by atoms with Crippen molar-refractivity contribution in [2.75, 3.05) is 9.80 Å². The number of benzene rings is 9. The molecule has 0 radical (unpaired) electrons. The molecule has 0 atom stereocenters. The predicted octanol–water partition coefficient (Wildman–Crippen LogP) is 13.6. The Balaban J connectivity index is 1.28. The molecule has 11 rings (SSSR count). The van der Waals surface area contributed by atoms with Gasteiger partial charge in [-0.25, -0.2) is 0 Å². The standard InChI is InChI=1S/C53H36BF3N2S/c1-33-17-21-35(22-18-33)39-25-27-48-44(29-39)54-45-30-40(36-23-19-34(2)20-24-36)26-28-49(45)59(47-16-8-12-38-10-4-6-14-43(38)47)51-32-41(60-53(55,56)57)31-50(52(51)54)58(48)46-15-7-11-37-9-3-5-13-42(37)46/h3-32H,1-2H3. The van der Waals surface area contributed by atoms with Gasteiger partial charge in [-0.3, -0.25) is 0 Å². The third kappa shape index (κ3) is 6.07. The van der Waals surface area contributed by atoms with Gasteiger partial charge >= 0.3 is 5.51 Å². The molecule has 0 bridgehead atoms. The van der Waals surface area contributed by atoms with Gasteiger partial charge in [0.1, 0.15) is 0 Å². The van der Waals surface area contributed by atoms with Crippen LogP contribution in [-0.2, 0) is 0 Å². The van der Waals surface area contributed by atoms with Crippen molar-refractivity contribution in [3.63, 3.8) is 0 Å². The van der Waals surface area contributed by atoms with E-state index in [1.54, 1.807) is 12.1 Å². The summed E-state index contributed by atoms with van der Waals surface area (Å²) in [6.07, 6.45) is 0. The highest BCUT2D eigenvalue weighted by Gasteiger charge is 2.45. The molecule has 2 aliphatic rings. The molecule has 0 N–H and O–H groups in total. The fourth-order valence-electron chi connectivity index (χ4n) is 9.35. The second kappa shape index (κ2) is 14.0. The summed E-state index contributed by atoms with van der Waals surface area (Å²) in [5.41, 5.74) is 10.5. The molecule has 0 saturated heterocycles. The van der Waals surface area contributed by atoms with E-state index in [9.17, 15) is 13.2 Å². The first-order chi connectivity index (χ1) is 29.2. The summed E-state index contributed by atoms with van der Waals surface area (Å²) in [5.74, 6) is 0. The van der Waals surface area contributed by atoms with Crippen LogP contribution in [0.3, 0.4) is 0 Å². The van der Waals surface area contributed by atoms with Gasteiger partial charge in [0.15, 0.2) is 0 Å². The molecule has 288 valence electrons. The fraction of sp³-hybridized carbons (Fsp3) is 0.0566. The number of hydrogen-bond acceptors (Lipinski definition) is 3. The third-order valence-corrected chi connectivity index (χ3v) is 12.8. The van der Waals surface area contributed by atoms with E-state index < -0.39 is 5.51 Å². The summed E-state index contributed by atoms with van der Waals surface area (Å²) < 4.78 is 43.9. The van der Waals surface area contributed by atoms with Crippen molar-refractivity contribution in [3.05, 3.63) is 193 Å². The maximum Gasteiger partial charge on any atom is 0.446 e.